The number of aromatic amines is 1. The van der Waals surface area contributed by atoms with Crippen molar-refractivity contribution in [3.63, 3.8) is 0 Å². The number of hydrogen-bond acceptors (Lipinski definition) is 4. The Hall–Kier alpha value is -2.87. The van der Waals surface area contributed by atoms with E-state index in [1.807, 2.05) is 53.7 Å². The summed E-state index contributed by atoms with van der Waals surface area (Å²) in [5, 5.41) is 10.1. The van der Waals surface area contributed by atoms with Crippen LogP contribution >= 0.6 is 0 Å². The Bertz CT molecular complexity index is 937. The number of unbranched alkanes of at least 4 members (excludes halogenated alkanes) is 2. The molecule has 2 N–H and O–H groups in total. The highest BCUT2D eigenvalue weighted by atomic mass is 16.5. The van der Waals surface area contributed by atoms with Crippen molar-refractivity contribution in [2.45, 2.75) is 101 Å². The lowest BCUT2D eigenvalue weighted by Gasteiger charge is -2.03. The molecule has 2 heterocycles. The molecular weight excluding hydrogens is 454 g/mol. The third kappa shape index (κ3) is 15.2. The van der Waals surface area contributed by atoms with Crippen LogP contribution in [0.1, 0.15) is 93.6 Å². The number of aromatic nitrogens is 4. The average molecular weight is 508 g/mol. The van der Waals surface area contributed by atoms with Crippen LogP contribution in [0.15, 0.2) is 29.3 Å². The van der Waals surface area contributed by atoms with E-state index in [0.717, 1.165) is 16.7 Å². The summed E-state index contributed by atoms with van der Waals surface area (Å²) in [4.78, 5) is 24.6. The lowest BCUT2D eigenvalue weighted by atomic mass is 10.3. The minimum atomic E-state index is -0.501. The average Bonchev–Trinajstić information content (AvgIpc) is 3.50. The van der Waals surface area contributed by atoms with Crippen molar-refractivity contribution in [3.8, 4) is 0 Å². The molecule has 0 saturated heterocycles. The number of ether oxygens (including phenoxy) is 1. The molecular formula is C28H53N5O3. The molecule has 2 aromatic heterocycles. The van der Waals surface area contributed by atoms with Crippen LogP contribution in [0.25, 0.3) is 12.7 Å². The SMILES string of the molecule is C=c1/c(=C\C=C/C)n(CC)c(=O)n1C(=O)NCc1cn[nH]c1.CC.CC.CCC.CCCCCOC. The summed E-state index contributed by atoms with van der Waals surface area (Å²) in [5.41, 5.74) is 0.426. The number of nitrogens with one attached hydrogen (secondary N) is 2. The largest absolute Gasteiger partial charge is 0.385 e. The van der Waals surface area contributed by atoms with Gasteiger partial charge in [-0.1, -0.05) is 86.5 Å². The van der Waals surface area contributed by atoms with E-state index in [1.165, 1.54) is 30.3 Å². The van der Waals surface area contributed by atoms with Gasteiger partial charge >= 0.3 is 11.7 Å². The number of allylic oxidation sites excluding steroid dienone is 2. The Morgan fingerprint density at radius 3 is 2.22 bits per heavy atom. The molecule has 8 nitrogen and oxygen atoms in total. The fourth-order valence-electron chi connectivity index (χ4n) is 2.63. The van der Waals surface area contributed by atoms with Crippen molar-refractivity contribution in [1.29, 1.82) is 0 Å². The molecule has 0 aromatic carbocycles. The number of rotatable bonds is 8. The molecule has 0 aliphatic rings. The van der Waals surface area contributed by atoms with Crippen molar-refractivity contribution in [2.75, 3.05) is 13.7 Å². The monoisotopic (exact) mass is 507 g/mol. The maximum absolute atomic E-state index is 12.4. The van der Waals surface area contributed by atoms with Gasteiger partial charge in [0.05, 0.1) is 16.9 Å². The van der Waals surface area contributed by atoms with E-state index in [0.29, 0.717) is 17.2 Å². The highest BCUT2D eigenvalue weighted by Crippen LogP contribution is 1.92. The highest BCUT2D eigenvalue weighted by molar-refractivity contribution is 5.76. The molecule has 0 aliphatic carbocycles. The lowest BCUT2D eigenvalue weighted by molar-refractivity contribution is 0.192. The second-order valence-corrected chi connectivity index (χ2v) is 7.06. The number of nitrogens with zero attached hydrogens (tertiary/aromatic N) is 3. The first kappa shape index (κ1) is 37.7. The number of methoxy groups -OCH3 is 1. The van der Waals surface area contributed by atoms with Gasteiger partial charge in [0.1, 0.15) is 0 Å². The van der Waals surface area contributed by atoms with Crippen LogP contribution in [0.4, 0.5) is 4.79 Å². The van der Waals surface area contributed by atoms with E-state index >= 15 is 0 Å². The minimum absolute atomic E-state index is 0.284. The van der Waals surface area contributed by atoms with Gasteiger partial charge in [0.25, 0.3) is 0 Å². The Kier molecular flexibility index (Phi) is 28.0. The van der Waals surface area contributed by atoms with Gasteiger partial charge < -0.3 is 10.1 Å². The number of amides is 1. The van der Waals surface area contributed by atoms with E-state index in [2.05, 4.69) is 42.9 Å². The second kappa shape index (κ2) is 26.7. The van der Waals surface area contributed by atoms with Gasteiger partial charge in [-0.15, -0.1) is 0 Å². The van der Waals surface area contributed by atoms with Crippen LogP contribution < -0.4 is 21.7 Å². The van der Waals surface area contributed by atoms with Crippen LogP contribution in [-0.2, 0) is 17.8 Å². The van der Waals surface area contributed by atoms with E-state index in [4.69, 9.17) is 4.74 Å². The second-order valence-electron chi connectivity index (χ2n) is 7.06. The molecule has 208 valence electrons. The van der Waals surface area contributed by atoms with Crippen molar-refractivity contribution < 1.29 is 9.53 Å². The normalized spacial score (nSPS) is 10.1. The zero-order valence-corrected chi connectivity index (χ0v) is 24.6. The van der Waals surface area contributed by atoms with Gasteiger partial charge in [0, 0.05) is 38.6 Å². The Morgan fingerprint density at radius 2 is 1.78 bits per heavy atom. The van der Waals surface area contributed by atoms with E-state index in [9.17, 15) is 9.59 Å². The number of imidazole rings is 1. The molecule has 0 radical (unpaired) electrons. The summed E-state index contributed by atoms with van der Waals surface area (Å²) in [7, 11) is 1.75. The Labute approximate surface area is 219 Å². The van der Waals surface area contributed by atoms with Gasteiger partial charge in [-0.3, -0.25) is 9.67 Å². The van der Waals surface area contributed by atoms with Crippen molar-refractivity contribution in [2.24, 2.45) is 0 Å². The highest BCUT2D eigenvalue weighted by Gasteiger charge is 2.14. The Morgan fingerprint density at radius 1 is 1.17 bits per heavy atom. The maximum Gasteiger partial charge on any atom is 0.337 e. The summed E-state index contributed by atoms with van der Waals surface area (Å²) in [5.74, 6) is 0. The molecule has 0 atom stereocenters. The first-order valence-corrected chi connectivity index (χ1v) is 13.3. The van der Waals surface area contributed by atoms with Crippen LogP contribution in [0.2, 0.25) is 0 Å². The van der Waals surface area contributed by atoms with Gasteiger partial charge in [0.15, 0.2) is 0 Å². The molecule has 0 spiro atoms. The van der Waals surface area contributed by atoms with Crippen LogP contribution in [0.5, 0.6) is 0 Å². The maximum atomic E-state index is 12.4. The predicted octanol–water partition coefficient (Wildman–Crippen LogP) is 5.21. The zero-order valence-electron chi connectivity index (χ0n) is 24.6. The summed E-state index contributed by atoms with van der Waals surface area (Å²) in [6.45, 7) is 23.7. The van der Waals surface area contributed by atoms with E-state index < -0.39 is 11.7 Å². The summed E-state index contributed by atoms with van der Waals surface area (Å²) in [6.07, 6.45) is 13.8. The molecule has 36 heavy (non-hydrogen) atoms. The summed E-state index contributed by atoms with van der Waals surface area (Å²) in [6, 6.07) is -0.501. The topological polar surface area (TPSA) is 93.9 Å². The molecule has 2 rings (SSSR count). The van der Waals surface area contributed by atoms with Gasteiger partial charge in [-0.2, -0.15) is 5.10 Å². The molecule has 0 aliphatic heterocycles. The quantitative estimate of drug-likeness (QED) is 0.480. The van der Waals surface area contributed by atoms with Gasteiger partial charge in [-0.25, -0.2) is 14.2 Å². The van der Waals surface area contributed by atoms with Gasteiger partial charge in [0.2, 0.25) is 0 Å². The fourth-order valence-corrected chi connectivity index (χ4v) is 2.63. The molecule has 0 fully saturated rings. The first-order valence-electron chi connectivity index (χ1n) is 13.3. The van der Waals surface area contributed by atoms with Crippen molar-refractivity contribution in [1.82, 2.24) is 24.6 Å². The van der Waals surface area contributed by atoms with Crippen LogP contribution in [-0.4, -0.2) is 39.1 Å². The third-order valence-electron chi connectivity index (χ3n) is 4.20. The standard InChI is InChI=1S/C15H19N5O2.C6H14O.C3H8.2C2H6/c1-4-6-7-13-11(3)20(15(22)19(13)5-2)14(21)16-8-12-9-17-18-10-12;1-3-4-5-6-7-2;1-3-2;2*1-2/h4,6-7,9-10H,3,5,8H2,1-2H3,(H,16,21)(H,17,18);3-6H2,1-2H3;3H2,1-2H3;2*1-2H3/b6-4-,13-7+;;;;. The summed E-state index contributed by atoms with van der Waals surface area (Å²) < 4.78 is 7.41. The fraction of sp³-hybridized carbons (Fsp3) is 0.607. The predicted molar refractivity (Wildman–Crippen MR) is 155 cm³/mol. The van der Waals surface area contributed by atoms with Crippen molar-refractivity contribution in [3.05, 3.63) is 51.3 Å². The summed E-state index contributed by atoms with van der Waals surface area (Å²) >= 11 is 0. The lowest BCUT2D eigenvalue weighted by Crippen LogP contribution is -2.42. The van der Waals surface area contributed by atoms with Crippen molar-refractivity contribution >= 4 is 18.7 Å². The molecule has 1 amide bonds. The molecule has 0 saturated carbocycles. The first-order chi connectivity index (χ1) is 17.4. The Balaban J connectivity index is -0.000000650. The zero-order chi connectivity index (χ0) is 28.4. The number of H-pyrrole nitrogens is 1. The molecule has 0 unspecified atom stereocenters. The third-order valence-corrected chi connectivity index (χ3v) is 4.20. The van der Waals surface area contributed by atoms with Crippen LogP contribution in [0, 0.1) is 0 Å². The number of carbonyl (C=O) groups excluding carboxylic acids is 1. The molecule has 2 aromatic rings. The minimum Gasteiger partial charge on any atom is -0.385 e. The van der Waals surface area contributed by atoms with Crippen LogP contribution in [0.3, 0.4) is 0 Å². The van der Waals surface area contributed by atoms with E-state index in [1.54, 1.807) is 25.6 Å². The number of hydrogen-bond donors (Lipinski definition) is 2. The smallest absolute Gasteiger partial charge is 0.337 e. The van der Waals surface area contributed by atoms with Gasteiger partial charge in [-0.05, 0) is 26.3 Å². The van der Waals surface area contributed by atoms with E-state index in [-0.39, 0.29) is 6.54 Å². The number of carbonyl (C=O) groups is 1. The molecule has 0 bridgehead atoms. The molecule has 8 heteroatoms.